The average molecular weight is 484 g/mol. The summed E-state index contributed by atoms with van der Waals surface area (Å²) in [6.45, 7) is 3.82. The Morgan fingerprint density at radius 1 is 1.09 bits per heavy atom. The summed E-state index contributed by atoms with van der Waals surface area (Å²) in [6, 6.07) is 15.4. The lowest BCUT2D eigenvalue weighted by molar-refractivity contribution is -0.139. The number of nitrogens with one attached hydrogen (secondary N) is 1. The van der Waals surface area contributed by atoms with Crippen LogP contribution in [0.3, 0.4) is 0 Å². The second kappa shape index (κ2) is 9.41. The van der Waals surface area contributed by atoms with Crippen LogP contribution in [-0.4, -0.2) is 41.8 Å². The van der Waals surface area contributed by atoms with E-state index in [1.165, 1.54) is 9.80 Å². The minimum atomic E-state index is -0.764. The zero-order valence-corrected chi connectivity index (χ0v) is 19.8. The largest absolute Gasteiger partial charge is 0.355 e. The number of hydrogen-bond acceptors (Lipinski definition) is 3. The molecule has 3 aromatic carbocycles. The third kappa shape index (κ3) is 4.41. The van der Waals surface area contributed by atoms with Gasteiger partial charge in [-0.25, -0.2) is 0 Å². The molecular weight excluding hydrogens is 461 g/mol. The van der Waals surface area contributed by atoms with E-state index >= 15 is 0 Å². The van der Waals surface area contributed by atoms with E-state index in [4.69, 9.17) is 23.2 Å². The monoisotopic (exact) mass is 483 g/mol. The summed E-state index contributed by atoms with van der Waals surface area (Å²) in [6.07, 6.45) is 0. The van der Waals surface area contributed by atoms with Gasteiger partial charge in [-0.1, -0.05) is 53.5 Å². The van der Waals surface area contributed by atoms with E-state index in [-0.39, 0.29) is 30.8 Å². The fourth-order valence-electron chi connectivity index (χ4n) is 4.10. The smallest absolute Gasteiger partial charge is 0.259 e. The third-order valence-corrected chi connectivity index (χ3v) is 6.40. The van der Waals surface area contributed by atoms with Gasteiger partial charge >= 0.3 is 0 Å². The first-order valence-electron chi connectivity index (χ1n) is 10.7. The van der Waals surface area contributed by atoms with Gasteiger partial charge in [-0.05, 0) is 49.1 Å². The van der Waals surface area contributed by atoms with Gasteiger partial charge < -0.3 is 10.2 Å². The number of nitrogens with zero attached hydrogens (tertiary/aromatic N) is 2. The molecule has 6 nitrogen and oxygen atoms in total. The van der Waals surface area contributed by atoms with Crippen molar-refractivity contribution in [3.8, 4) is 0 Å². The van der Waals surface area contributed by atoms with Crippen molar-refractivity contribution in [2.24, 2.45) is 0 Å². The molecule has 0 radical (unpaired) electrons. The molecule has 0 bridgehead atoms. The van der Waals surface area contributed by atoms with Crippen molar-refractivity contribution >= 4 is 57.4 Å². The summed E-state index contributed by atoms with van der Waals surface area (Å²) in [5, 5.41) is 5.41. The first-order valence-corrected chi connectivity index (χ1v) is 11.4. The van der Waals surface area contributed by atoms with Gasteiger partial charge in [-0.15, -0.1) is 0 Å². The molecule has 1 aliphatic rings. The highest BCUT2D eigenvalue weighted by Gasteiger charge is 2.34. The minimum absolute atomic E-state index is 0.103. The number of hydrogen-bond donors (Lipinski definition) is 1. The number of likely N-dealkylation sites (N-methyl/N-ethyl adjacent to an activating group) is 1. The molecule has 170 valence electrons. The fraction of sp³-hybridized carbons (Fsp3) is 0.240. The summed E-state index contributed by atoms with van der Waals surface area (Å²) < 4.78 is 0. The Morgan fingerprint density at radius 3 is 2.52 bits per heavy atom. The predicted octanol–water partition coefficient (Wildman–Crippen LogP) is 4.66. The average Bonchev–Trinajstić information content (AvgIpc) is 3.06. The van der Waals surface area contributed by atoms with E-state index in [0.29, 0.717) is 33.4 Å². The van der Waals surface area contributed by atoms with Gasteiger partial charge in [0, 0.05) is 34.1 Å². The van der Waals surface area contributed by atoms with Crippen LogP contribution in [0.5, 0.6) is 0 Å². The number of carbonyl (C=O) groups excluding carboxylic acids is 3. The van der Waals surface area contributed by atoms with E-state index in [1.54, 1.807) is 31.2 Å². The van der Waals surface area contributed by atoms with E-state index in [9.17, 15) is 14.4 Å². The molecule has 33 heavy (non-hydrogen) atoms. The van der Waals surface area contributed by atoms with Crippen molar-refractivity contribution in [3.63, 3.8) is 0 Å². The van der Waals surface area contributed by atoms with Crippen LogP contribution < -0.4 is 10.2 Å². The van der Waals surface area contributed by atoms with Crippen molar-refractivity contribution in [2.75, 3.05) is 18.0 Å². The summed E-state index contributed by atoms with van der Waals surface area (Å²) in [5.74, 6) is -0.878. The Hall–Kier alpha value is -3.09. The normalized spacial score (nSPS) is 13.3. The topological polar surface area (TPSA) is 69.7 Å². The highest BCUT2D eigenvalue weighted by atomic mass is 35.5. The lowest BCUT2D eigenvalue weighted by Crippen LogP contribution is -2.50. The second-order valence-electron chi connectivity index (χ2n) is 7.90. The van der Waals surface area contributed by atoms with Crippen LogP contribution in [0.25, 0.3) is 10.8 Å². The van der Waals surface area contributed by atoms with Gasteiger partial charge in [-0.2, -0.15) is 0 Å². The second-order valence-corrected chi connectivity index (χ2v) is 8.74. The molecule has 1 atom stereocenters. The van der Waals surface area contributed by atoms with E-state index in [0.717, 1.165) is 10.8 Å². The molecule has 4 rings (SSSR count). The first-order chi connectivity index (χ1) is 15.8. The molecule has 0 aliphatic carbocycles. The Morgan fingerprint density at radius 2 is 1.82 bits per heavy atom. The maximum absolute atomic E-state index is 13.5. The van der Waals surface area contributed by atoms with Crippen molar-refractivity contribution in [1.29, 1.82) is 0 Å². The highest BCUT2D eigenvalue weighted by Crippen LogP contribution is 2.37. The van der Waals surface area contributed by atoms with Crippen molar-refractivity contribution in [2.45, 2.75) is 26.4 Å². The van der Waals surface area contributed by atoms with Crippen molar-refractivity contribution in [3.05, 3.63) is 75.8 Å². The van der Waals surface area contributed by atoms with Crippen LogP contribution >= 0.6 is 23.2 Å². The molecule has 1 heterocycles. The summed E-state index contributed by atoms with van der Waals surface area (Å²) in [7, 11) is 0. The number of carbonyl (C=O) groups is 3. The number of rotatable bonds is 7. The molecule has 0 saturated carbocycles. The molecule has 1 N–H and O–H groups in total. The Kier molecular flexibility index (Phi) is 6.58. The van der Waals surface area contributed by atoms with E-state index < -0.39 is 6.04 Å². The van der Waals surface area contributed by atoms with Gasteiger partial charge in [0.15, 0.2) is 0 Å². The van der Waals surface area contributed by atoms with Gasteiger partial charge in [0.05, 0.1) is 5.69 Å². The van der Waals surface area contributed by atoms with Crippen molar-refractivity contribution < 1.29 is 14.4 Å². The van der Waals surface area contributed by atoms with Gasteiger partial charge in [0.25, 0.3) is 5.91 Å². The quantitative estimate of drug-likeness (QED) is 0.531. The molecular formula is C25H23Cl2N3O3. The molecule has 0 fully saturated rings. The highest BCUT2D eigenvalue weighted by molar-refractivity contribution is 6.35. The standard InChI is InChI=1S/C25H23Cl2N3O3/c1-3-28-24(32)15(2)29(13-17-10-11-18(26)12-20(17)27)22(31)14-30-21-9-5-7-16-6-4-8-19(23(16)21)25(30)33/h4-12,15H,3,13-14H2,1-2H3,(H,28,32)/t15-/m0/s1. The van der Waals surface area contributed by atoms with Crippen LogP contribution in [-0.2, 0) is 16.1 Å². The summed E-state index contributed by atoms with van der Waals surface area (Å²) >= 11 is 12.4. The third-order valence-electron chi connectivity index (χ3n) is 5.82. The lowest BCUT2D eigenvalue weighted by atomic mass is 10.1. The Bertz CT molecular complexity index is 1260. The fourth-order valence-corrected chi connectivity index (χ4v) is 4.57. The molecule has 1 aliphatic heterocycles. The van der Waals surface area contributed by atoms with Crippen LogP contribution in [0, 0.1) is 0 Å². The Labute approximate surface area is 202 Å². The van der Waals surface area contributed by atoms with Crippen molar-refractivity contribution in [1.82, 2.24) is 10.2 Å². The summed E-state index contributed by atoms with van der Waals surface area (Å²) in [5.41, 5.74) is 1.92. The van der Waals surface area contributed by atoms with Crippen LogP contribution in [0.1, 0.15) is 29.8 Å². The Balaban J connectivity index is 1.65. The number of benzene rings is 3. The molecule has 0 spiro atoms. The van der Waals surface area contributed by atoms with Crippen LogP contribution in [0.4, 0.5) is 5.69 Å². The molecule has 3 amide bonds. The van der Waals surface area contributed by atoms with E-state index in [1.807, 2.05) is 37.3 Å². The number of anilines is 1. The van der Waals surface area contributed by atoms with Gasteiger partial charge in [0.2, 0.25) is 11.8 Å². The van der Waals surface area contributed by atoms with E-state index in [2.05, 4.69) is 5.32 Å². The van der Waals surface area contributed by atoms with Gasteiger partial charge in [-0.3, -0.25) is 19.3 Å². The lowest BCUT2D eigenvalue weighted by Gasteiger charge is -2.30. The zero-order chi connectivity index (χ0) is 23.7. The maximum Gasteiger partial charge on any atom is 0.259 e. The van der Waals surface area contributed by atoms with Crippen LogP contribution in [0.2, 0.25) is 10.0 Å². The molecule has 0 unspecified atom stereocenters. The SMILES string of the molecule is CCNC(=O)[C@H](C)N(Cc1ccc(Cl)cc1Cl)C(=O)CN1C(=O)c2cccc3cccc1c23. The molecule has 0 aromatic heterocycles. The zero-order valence-electron chi connectivity index (χ0n) is 18.3. The first kappa shape index (κ1) is 23.1. The summed E-state index contributed by atoms with van der Waals surface area (Å²) in [4.78, 5) is 42.2. The van der Waals surface area contributed by atoms with Gasteiger partial charge in [0.1, 0.15) is 12.6 Å². The molecule has 3 aromatic rings. The maximum atomic E-state index is 13.5. The predicted molar refractivity (Wildman–Crippen MR) is 131 cm³/mol. The van der Waals surface area contributed by atoms with Crippen LogP contribution in [0.15, 0.2) is 54.6 Å². The molecule has 0 saturated heterocycles. The number of halogens is 2. The minimum Gasteiger partial charge on any atom is -0.355 e. The molecule has 8 heteroatoms. The number of amides is 3.